The maximum absolute atomic E-state index is 3.86. The molecule has 1 fully saturated rings. The Morgan fingerprint density at radius 3 is 2.79 bits per heavy atom. The highest BCUT2D eigenvalue weighted by Gasteiger charge is 2.19. The Morgan fingerprint density at radius 1 is 1.36 bits per heavy atom. The largest absolute Gasteiger partial charge is 0.298 e. The lowest BCUT2D eigenvalue weighted by atomic mass is 10.1. The molecule has 14 heavy (non-hydrogen) atoms. The second-order valence-electron chi connectivity index (χ2n) is 4.01. The van der Waals surface area contributed by atoms with Crippen molar-refractivity contribution < 1.29 is 0 Å². The van der Waals surface area contributed by atoms with Gasteiger partial charge < -0.3 is 0 Å². The molecule has 1 heterocycles. The van der Waals surface area contributed by atoms with Crippen molar-refractivity contribution in [3.8, 4) is 0 Å². The average molecular weight is 187 g/mol. The fourth-order valence-electron chi connectivity index (χ4n) is 2.04. The van der Waals surface area contributed by atoms with Crippen LogP contribution in [0, 0.1) is 5.92 Å². The minimum absolute atomic E-state index is 0.707. The number of hydrogen-bond acceptors (Lipinski definition) is 1. The molecule has 0 saturated carbocycles. The van der Waals surface area contributed by atoms with Gasteiger partial charge in [-0.25, -0.2) is 0 Å². The fraction of sp³-hybridized carbons (Fsp3) is 0.385. The van der Waals surface area contributed by atoms with Crippen LogP contribution in [0.15, 0.2) is 43.0 Å². The monoisotopic (exact) mass is 187 g/mol. The number of rotatable bonds is 3. The van der Waals surface area contributed by atoms with Crippen molar-refractivity contribution in [2.45, 2.75) is 13.0 Å². The summed E-state index contributed by atoms with van der Waals surface area (Å²) in [6.07, 6.45) is 3.36. The SMILES string of the molecule is C=CC1CCN(Cc2ccccc2)C1. The second-order valence-corrected chi connectivity index (χ2v) is 4.01. The van der Waals surface area contributed by atoms with E-state index in [9.17, 15) is 0 Å². The summed E-state index contributed by atoms with van der Waals surface area (Å²) < 4.78 is 0. The molecule has 1 aromatic carbocycles. The van der Waals surface area contributed by atoms with Gasteiger partial charge >= 0.3 is 0 Å². The molecule has 2 rings (SSSR count). The Balaban J connectivity index is 1.90. The normalized spacial score (nSPS) is 22.4. The Hall–Kier alpha value is -1.08. The molecule has 0 spiro atoms. The van der Waals surface area contributed by atoms with Crippen molar-refractivity contribution in [3.63, 3.8) is 0 Å². The molecule has 1 unspecified atom stereocenters. The van der Waals surface area contributed by atoms with Crippen LogP contribution in [-0.2, 0) is 6.54 Å². The first-order valence-electron chi connectivity index (χ1n) is 5.27. The van der Waals surface area contributed by atoms with Gasteiger partial charge in [0, 0.05) is 13.1 Å². The van der Waals surface area contributed by atoms with Gasteiger partial charge in [-0.3, -0.25) is 4.90 Å². The van der Waals surface area contributed by atoms with E-state index in [-0.39, 0.29) is 0 Å². The van der Waals surface area contributed by atoms with Gasteiger partial charge in [0.25, 0.3) is 0 Å². The molecule has 0 amide bonds. The zero-order valence-corrected chi connectivity index (χ0v) is 8.52. The highest BCUT2D eigenvalue weighted by Crippen LogP contribution is 2.18. The molecule has 1 nitrogen and oxygen atoms in total. The summed E-state index contributed by atoms with van der Waals surface area (Å²) in [6.45, 7) is 7.34. The summed E-state index contributed by atoms with van der Waals surface area (Å²) in [5, 5.41) is 0. The fourth-order valence-corrected chi connectivity index (χ4v) is 2.04. The third-order valence-electron chi connectivity index (χ3n) is 2.89. The number of hydrogen-bond donors (Lipinski definition) is 0. The summed E-state index contributed by atoms with van der Waals surface area (Å²) in [7, 11) is 0. The minimum Gasteiger partial charge on any atom is -0.298 e. The van der Waals surface area contributed by atoms with Crippen molar-refractivity contribution in [2.24, 2.45) is 5.92 Å². The molecule has 1 saturated heterocycles. The Bertz CT molecular complexity index is 291. The summed E-state index contributed by atoms with van der Waals surface area (Å²) in [6, 6.07) is 10.7. The van der Waals surface area contributed by atoms with E-state index < -0.39 is 0 Å². The van der Waals surface area contributed by atoms with Gasteiger partial charge in [-0.05, 0) is 24.4 Å². The Labute approximate surface area is 86.1 Å². The zero-order valence-electron chi connectivity index (χ0n) is 8.52. The first-order chi connectivity index (χ1) is 6.88. The molecule has 0 N–H and O–H groups in total. The van der Waals surface area contributed by atoms with Crippen LogP contribution >= 0.6 is 0 Å². The number of benzene rings is 1. The topological polar surface area (TPSA) is 3.24 Å². The highest BCUT2D eigenvalue weighted by atomic mass is 15.1. The third-order valence-corrected chi connectivity index (χ3v) is 2.89. The Morgan fingerprint density at radius 2 is 2.14 bits per heavy atom. The van der Waals surface area contributed by atoms with E-state index in [1.807, 2.05) is 0 Å². The maximum atomic E-state index is 3.86. The zero-order chi connectivity index (χ0) is 9.80. The molecular weight excluding hydrogens is 170 g/mol. The van der Waals surface area contributed by atoms with Crippen molar-refractivity contribution in [1.29, 1.82) is 0 Å². The van der Waals surface area contributed by atoms with Gasteiger partial charge in [0.2, 0.25) is 0 Å². The van der Waals surface area contributed by atoms with E-state index in [0.29, 0.717) is 5.92 Å². The van der Waals surface area contributed by atoms with E-state index in [1.54, 1.807) is 0 Å². The highest BCUT2D eigenvalue weighted by molar-refractivity contribution is 5.14. The molecule has 0 aromatic heterocycles. The van der Waals surface area contributed by atoms with Gasteiger partial charge in [-0.15, -0.1) is 6.58 Å². The van der Waals surface area contributed by atoms with Crippen molar-refractivity contribution in [2.75, 3.05) is 13.1 Å². The van der Waals surface area contributed by atoms with E-state index >= 15 is 0 Å². The maximum Gasteiger partial charge on any atom is 0.0233 e. The van der Waals surface area contributed by atoms with Crippen LogP contribution in [-0.4, -0.2) is 18.0 Å². The van der Waals surface area contributed by atoms with Crippen molar-refractivity contribution in [1.82, 2.24) is 4.90 Å². The molecule has 1 heteroatoms. The molecule has 74 valence electrons. The van der Waals surface area contributed by atoms with Gasteiger partial charge in [0.1, 0.15) is 0 Å². The Kier molecular flexibility index (Phi) is 3.00. The predicted molar refractivity (Wildman–Crippen MR) is 60.0 cm³/mol. The van der Waals surface area contributed by atoms with E-state index in [2.05, 4.69) is 47.9 Å². The predicted octanol–water partition coefficient (Wildman–Crippen LogP) is 2.69. The number of nitrogens with zero attached hydrogens (tertiary/aromatic N) is 1. The number of likely N-dealkylation sites (tertiary alicyclic amines) is 1. The first-order valence-corrected chi connectivity index (χ1v) is 5.27. The van der Waals surface area contributed by atoms with Crippen LogP contribution in [0.1, 0.15) is 12.0 Å². The second kappa shape index (κ2) is 4.43. The molecular formula is C13H17N. The minimum atomic E-state index is 0.707. The third kappa shape index (κ3) is 2.24. The molecule has 0 radical (unpaired) electrons. The van der Waals surface area contributed by atoms with Crippen molar-refractivity contribution >= 4 is 0 Å². The van der Waals surface area contributed by atoms with Crippen LogP contribution < -0.4 is 0 Å². The molecule has 1 atom stereocenters. The lowest BCUT2D eigenvalue weighted by Gasteiger charge is -2.14. The molecule has 0 aliphatic carbocycles. The smallest absolute Gasteiger partial charge is 0.0233 e. The van der Waals surface area contributed by atoms with Gasteiger partial charge in [0.15, 0.2) is 0 Å². The van der Waals surface area contributed by atoms with E-state index in [4.69, 9.17) is 0 Å². The standard InChI is InChI=1S/C13H17N/c1-2-12-8-9-14(10-12)11-13-6-4-3-5-7-13/h2-7,12H,1,8-11H2. The molecule has 0 bridgehead atoms. The van der Waals surface area contributed by atoms with Crippen LogP contribution in [0.2, 0.25) is 0 Å². The van der Waals surface area contributed by atoms with Crippen LogP contribution in [0.3, 0.4) is 0 Å². The van der Waals surface area contributed by atoms with Crippen LogP contribution in [0.25, 0.3) is 0 Å². The lowest BCUT2D eigenvalue weighted by Crippen LogP contribution is -2.19. The summed E-state index contributed by atoms with van der Waals surface area (Å²) in [5.41, 5.74) is 1.41. The average Bonchev–Trinajstić information content (AvgIpc) is 2.67. The van der Waals surface area contributed by atoms with Crippen LogP contribution in [0.4, 0.5) is 0 Å². The van der Waals surface area contributed by atoms with Gasteiger partial charge in [-0.1, -0.05) is 36.4 Å². The molecule has 1 aliphatic heterocycles. The van der Waals surface area contributed by atoms with E-state index in [1.165, 1.54) is 25.1 Å². The van der Waals surface area contributed by atoms with E-state index in [0.717, 1.165) is 6.54 Å². The van der Waals surface area contributed by atoms with Gasteiger partial charge in [0.05, 0.1) is 0 Å². The summed E-state index contributed by atoms with van der Waals surface area (Å²) in [4.78, 5) is 2.50. The molecule has 1 aliphatic rings. The molecule has 1 aromatic rings. The first kappa shape index (κ1) is 9.47. The lowest BCUT2D eigenvalue weighted by molar-refractivity contribution is 0.324. The summed E-state index contributed by atoms with van der Waals surface area (Å²) >= 11 is 0. The van der Waals surface area contributed by atoms with Gasteiger partial charge in [-0.2, -0.15) is 0 Å². The van der Waals surface area contributed by atoms with Crippen molar-refractivity contribution in [3.05, 3.63) is 48.6 Å². The van der Waals surface area contributed by atoms with Crippen LogP contribution in [0.5, 0.6) is 0 Å². The summed E-state index contributed by atoms with van der Waals surface area (Å²) in [5.74, 6) is 0.707. The quantitative estimate of drug-likeness (QED) is 0.658.